The molecule has 2 atom stereocenters. The lowest BCUT2D eigenvalue weighted by Gasteiger charge is -2.14. The maximum absolute atomic E-state index is 11.7. The molecule has 1 rings (SSSR count). The van der Waals surface area contributed by atoms with Crippen LogP contribution in [-0.4, -0.2) is 54.1 Å². The maximum atomic E-state index is 11.7. The van der Waals surface area contributed by atoms with Crippen molar-refractivity contribution in [3.8, 4) is 0 Å². The Balaban J connectivity index is 2.29. The van der Waals surface area contributed by atoms with E-state index >= 15 is 0 Å². The number of hydrogen-bond donors (Lipinski definition) is 3. The zero-order chi connectivity index (χ0) is 15.1. The van der Waals surface area contributed by atoms with E-state index in [4.69, 9.17) is 5.11 Å². The first-order chi connectivity index (χ1) is 9.43. The number of likely N-dealkylation sites (tertiary alicyclic amines) is 1. The lowest BCUT2D eigenvalue weighted by molar-refractivity contribution is -0.142. The first kappa shape index (κ1) is 16.4. The Morgan fingerprint density at radius 1 is 1.30 bits per heavy atom. The van der Waals surface area contributed by atoms with Crippen molar-refractivity contribution in [2.24, 2.45) is 11.8 Å². The third-order valence-electron chi connectivity index (χ3n) is 3.44. The van der Waals surface area contributed by atoms with E-state index < -0.39 is 23.8 Å². The second-order valence-corrected chi connectivity index (χ2v) is 5.27. The van der Waals surface area contributed by atoms with Gasteiger partial charge in [0.25, 0.3) is 0 Å². The lowest BCUT2D eigenvalue weighted by atomic mass is 9.99. The number of nitrogens with zero attached hydrogens (tertiary/aromatic N) is 1. The normalized spacial score (nSPS) is 22.5. The second kappa shape index (κ2) is 7.84. The summed E-state index contributed by atoms with van der Waals surface area (Å²) in [6.07, 6.45) is 1.84. The molecule has 0 aromatic carbocycles. The molecule has 0 aromatic rings. The summed E-state index contributed by atoms with van der Waals surface area (Å²) < 4.78 is 0. The highest BCUT2D eigenvalue weighted by atomic mass is 16.4. The number of hydrogen-bond acceptors (Lipinski definition) is 4. The molecule has 0 aromatic heterocycles. The molecule has 7 heteroatoms. The molecule has 1 heterocycles. The van der Waals surface area contributed by atoms with Gasteiger partial charge in [-0.3, -0.25) is 19.8 Å². The van der Waals surface area contributed by atoms with Gasteiger partial charge < -0.3 is 10.4 Å². The summed E-state index contributed by atoms with van der Waals surface area (Å²) in [5.41, 5.74) is 0. The van der Waals surface area contributed by atoms with E-state index in [9.17, 15) is 14.4 Å². The molecule has 7 nitrogen and oxygen atoms in total. The van der Waals surface area contributed by atoms with E-state index in [1.54, 1.807) is 4.90 Å². The molecule has 1 aliphatic heterocycles. The van der Waals surface area contributed by atoms with Gasteiger partial charge in [-0.1, -0.05) is 20.3 Å². The number of carboxylic acid groups (broad SMARTS) is 1. The Morgan fingerprint density at radius 3 is 2.55 bits per heavy atom. The highest BCUT2D eigenvalue weighted by Crippen LogP contribution is 2.22. The van der Waals surface area contributed by atoms with Crippen molar-refractivity contribution in [2.75, 3.05) is 26.2 Å². The van der Waals surface area contributed by atoms with Crippen molar-refractivity contribution >= 4 is 17.9 Å². The molecule has 3 amide bonds. The number of nitrogens with one attached hydrogen (secondary N) is 2. The van der Waals surface area contributed by atoms with Crippen LogP contribution in [0.25, 0.3) is 0 Å². The SMILES string of the molecule is CCCCNC(=O)NC(=O)CN1CC(C)C(C(=O)O)C1. The minimum Gasteiger partial charge on any atom is -0.481 e. The Bertz CT molecular complexity index is 373. The summed E-state index contributed by atoms with van der Waals surface area (Å²) in [5.74, 6) is -1.67. The van der Waals surface area contributed by atoms with Crippen molar-refractivity contribution in [3.05, 3.63) is 0 Å². The van der Waals surface area contributed by atoms with Crippen molar-refractivity contribution in [1.82, 2.24) is 15.5 Å². The standard InChI is InChI=1S/C13H23N3O4/c1-3-4-5-14-13(20)15-11(17)8-16-6-9(2)10(7-16)12(18)19/h9-10H,3-8H2,1-2H3,(H,18,19)(H2,14,15,17,20). The van der Waals surface area contributed by atoms with Crippen LogP contribution in [0.1, 0.15) is 26.7 Å². The summed E-state index contributed by atoms with van der Waals surface area (Å²) in [6.45, 7) is 5.36. The summed E-state index contributed by atoms with van der Waals surface area (Å²) in [7, 11) is 0. The van der Waals surface area contributed by atoms with Gasteiger partial charge in [-0.25, -0.2) is 4.79 Å². The third-order valence-corrected chi connectivity index (χ3v) is 3.44. The number of rotatable bonds is 6. The molecule has 0 spiro atoms. The second-order valence-electron chi connectivity index (χ2n) is 5.27. The van der Waals surface area contributed by atoms with E-state index in [2.05, 4.69) is 10.6 Å². The molecule has 1 fully saturated rings. The van der Waals surface area contributed by atoms with Gasteiger partial charge in [0.1, 0.15) is 0 Å². The first-order valence-electron chi connectivity index (χ1n) is 6.96. The molecular weight excluding hydrogens is 262 g/mol. The monoisotopic (exact) mass is 285 g/mol. The fourth-order valence-corrected chi connectivity index (χ4v) is 2.31. The van der Waals surface area contributed by atoms with E-state index in [0.29, 0.717) is 19.6 Å². The maximum Gasteiger partial charge on any atom is 0.321 e. The highest BCUT2D eigenvalue weighted by Gasteiger charge is 2.35. The molecule has 20 heavy (non-hydrogen) atoms. The van der Waals surface area contributed by atoms with Crippen LogP contribution in [0.4, 0.5) is 4.79 Å². The molecule has 114 valence electrons. The quantitative estimate of drug-likeness (QED) is 0.608. The molecule has 0 radical (unpaired) electrons. The van der Waals surface area contributed by atoms with Crippen LogP contribution in [0.3, 0.4) is 0 Å². The number of imide groups is 1. The topological polar surface area (TPSA) is 98.7 Å². The first-order valence-corrected chi connectivity index (χ1v) is 6.96. The van der Waals surface area contributed by atoms with Crippen LogP contribution in [-0.2, 0) is 9.59 Å². The lowest BCUT2D eigenvalue weighted by Crippen LogP contribution is -2.44. The van der Waals surface area contributed by atoms with E-state index in [1.807, 2.05) is 13.8 Å². The number of carboxylic acids is 1. The minimum absolute atomic E-state index is 0.0127. The molecule has 1 saturated heterocycles. The van der Waals surface area contributed by atoms with Crippen molar-refractivity contribution in [3.63, 3.8) is 0 Å². The number of carbonyl (C=O) groups excluding carboxylic acids is 2. The van der Waals surface area contributed by atoms with Crippen molar-refractivity contribution < 1.29 is 19.5 Å². The summed E-state index contributed by atoms with van der Waals surface area (Å²) in [6, 6.07) is -0.495. The average molecular weight is 285 g/mol. The van der Waals surface area contributed by atoms with Crippen LogP contribution in [0.15, 0.2) is 0 Å². The Morgan fingerprint density at radius 2 is 2.00 bits per heavy atom. The van der Waals surface area contributed by atoms with E-state index in [-0.39, 0.29) is 12.5 Å². The number of unbranched alkanes of at least 4 members (excludes halogenated alkanes) is 1. The Kier molecular flexibility index (Phi) is 6.44. The largest absolute Gasteiger partial charge is 0.481 e. The molecule has 0 bridgehead atoms. The average Bonchev–Trinajstić information content (AvgIpc) is 2.70. The zero-order valence-electron chi connectivity index (χ0n) is 12.0. The number of aliphatic carboxylic acids is 1. The van der Waals surface area contributed by atoms with E-state index in [0.717, 1.165) is 12.8 Å². The smallest absolute Gasteiger partial charge is 0.321 e. The number of urea groups is 1. The fourth-order valence-electron chi connectivity index (χ4n) is 2.31. The molecule has 1 aliphatic rings. The van der Waals surface area contributed by atoms with Crippen LogP contribution in [0.5, 0.6) is 0 Å². The van der Waals surface area contributed by atoms with Gasteiger partial charge in [-0.15, -0.1) is 0 Å². The van der Waals surface area contributed by atoms with Crippen LogP contribution in [0, 0.1) is 11.8 Å². The third kappa shape index (κ3) is 5.16. The van der Waals surface area contributed by atoms with Crippen LogP contribution >= 0.6 is 0 Å². The van der Waals surface area contributed by atoms with Gasteiger partial charge in [-0.2, -0.15) is 0 Å². The summed E-state index contributed by atoms with van der Waals surface area (Å²) in [5, 5.41) is 13.8. The Hall–Kier alpha value is -1.63. The molecular formula is C13H23N3O4. The van der Waals surface area contributed by atoms with Gasteiger partial charge in [-0.05, 0) is 12.3 Å². The predicted molar refractivity (Wildman–Crippen MR) is 73.2 cm³/mol. The van der Waals surface area contributed by atoms with Gasteiger partial charge in [0.2, 0.25) is 5.91 Å². The molecule has 2 unspecified atom stereocenters. The van der Waals surface area contributed by atoms with Crippen molar-refractivity contribution in [2.45, 2.75) is 26.7 Å². The van der Waals surface area contributed by atoms with Crippen LogP contribution in [0.2, 0.25) is 0 Å². The Labute approximate surface area is 118 Å². The van der Waals surface area contributed by atoms with Crippen LogP contribution < -0.4 is 10.6 Å². The minimum atomic E-state index is -0.835. The predicted octanol–water partition coefficient (Wildman–Crippen LogP) is 0.265. The van der Waals surface area contributed by atoms with E-state index in [1.165, 1.54) is 0 Å². The molecule has 0 aliphatic carbocycles. The van der Waals surface area contributed by atoms with Gasteiger partial charge >= 0.3 is 12.0 Å². The highest BCUT2D eigenvalue weighted by molar-refractivity contribution is 5.95. The molecule has 3 N–H and O–H groups in total. The van der Waals surface area contributed by atoms with Gasteiger partial charge in [0, 0.05) is 19.6 Å². The zero-order valence-corrected chi connectivity index (χ0v) is 12.0. The summed E-state index contributed by atoms with van der Waals surface area (Å²) in [4.78, 5) is 35.8. The number of amides is 3. The summed E-state index contributed by atoms with van der Waals surface area (Å²) >= 11 is 0. The molecule has 0 saturated carbocycles. The number of carbonyl (C=O) groups is 3. The van der Waals surface area contributed by atoms with Crippen molar-refractivity contribution in [1.29, 1.82) is 0 Å². The fraction of sp³-hybridized carbons (Fsp3) is 0.769. The van der Waals surface area contributed by atoms with Gasteiger partial charge in [0.05, 0.1) is 12.5 Å². The van der Waals surface area contributed by atoms with Gasteiger partial charge in [0.15, 0.2) is 0 Å².